The van der Waals surface area contributed by atoms with Crippen LogP contribution >= 0.6 is 0 Å². The Hall–Kier alpha value is -4.46. The smallest absolute Gasteiger partial charge is 0.378 e. The third kappa shape index (κ3) is 4.56. The molecule has 0 unspecified atom stereocenters. The normalized spacial score (nSPS) is 15.3. The Morgan fingerprint density at radius 1 is 1.10 bits per heavy atom. The number of halogens is 3. The number of pyridine rings is 1. The number of nitrogens with zero attached hydrogens (tertiary/aromatic N) is 6. The van der Waals surface area contributed by atoms with E-state index in [4.69, 9.17) is 4.74 Å². The van der Waals surface area contributed by atoms with Gasteiger partial charge in [-0.05, 0) is 25.1 Å². The van der Waals surface area contributed by atoms with E-state index in [0.29, 0.717) is 54.4 Å². The van der Waals surface area contributed by atoms with Crippen LogP contribution in [0.1, 0.15) is 24.4 Å². The van der Waals surface area contributed by atoms with Gasteiger partial charge in [0.2, 0.25) is 0 Å². The fraction of sp³-hybridized carbons (Fsp3) is 0.320. The third-order valence-corrected chi connectivity index (χ3v) is 6.62. The summed E-state index contributed by atoms with van der Waals surface area (Å²) in [5.41, 5.74) is 0.626. The van der Waals surface area contributed by atoms with Crippen LogP contribution in [0.2, 0.25) is 0 Å². The van der Waals surface area contributed by atoms with Crippen LogP contribution in [-0.4, -0.2) is 61.0 Å². The molecule has 5 aromatic rings. The van der Waals surface area contributed by atoms with Crippen molar-refractivity contribution < 1.29 is 17.9 Å². The summed E-state index contributed by atoms with van der Waals surface area (Å²) in [5.74, 6) is 0.595. The van der Waals surface area contributed by atoms with Crippen LogP contribution < -0.4 is 15.8 Å². The van der Waals surface area contributed by atoms with E-state index in [1.165, 1.54) is 6.07 Å². The van der Waals surface area contributed by atoms with Crippen LogP contribution in [0, 0.1) is 0 Å². The second-order valence-corrected chi connectivity index (χ2v) is 9.31. The molecule has 0 bridgehead atoms. The van der Waals surface area contributed by atoms with Crippen molar-refractivity contribution in [1.82, 2.24) is 34.7 Å². The van der Waals surface area contributed by atoms with E-state index < -0.39 is 23.3 Å². The van der Waals surface area contributed by atoms with E-state index in [1.54, 1.807) is 41.3 Å². The first-order chi connectivity index (χ1) is 18.7. The van der Waals surface area contributed by atoms with Gasteiger partial charge in [0, 0.05) is 38.7 Å². The number of H-pyrrole nitrogens is 2. The van der Waals surface area contributed by atoms with Gasteiger partial charge in [-0.15, -0.1) is 0 Å². The molecule has 1 atom stereocenters. The third-order valence-electron chi connectivity index (χ3n) is 6.62. The van der Waals surface area contributed by atoms with Crippen LogP contribution in [0.3, 0.4) is 0 Å². The van der Waals surface area contributed by atoms with Gasteiger partial charge in [0.25, 0.3) is 5.56 Å². The number of aromatic amines is 2. The highest BCUT2D eigenvalue weighted by Crippen LogP contribution is 2.40. The highest BCUT2D eigenvalue weighted by Gasteiger charge is 2.36. The molecule has 14 heteroatoms. The van der Waals surface area contributed by atoms with E-state index in [-0.39, 0.29) is 22.6 Å². The van der Waals surface area contributed by atoms with Crippen LogP contribution in [-0.2, 0) is 18.0 Å². The van der Waals surface area contributed by atoms with Crippen LogP contribution in [0.15, 0.2) is 41.6 Å². The minimum Gasteiger partial charge on any atom is -0.378 e. The molecule has 5 heterocycles. The summed E-state index contributed by atoms with van der Waals surface area (Å²) in [6.45, 7) is 3.15. The molecule has 1 aliphatic heterocycles. The second kappa shape index (κ2) is 9.38. The molecule has 1 aromatic carbocycles. The molecule has 1 saturated heterocycles. The van der Waals surface area contributed by atoms with Crippen LogP contribution in [0.5, 0.6) is 0 Å². The highest BCUT2D eigenvalue weighted by atomic mass is 19.4. The molecule has 3 N–H and O–H groups in total. The van der Waals surface area contributed by atoms with Gasteiger partial charge in [0.1, 0.15) is 22.7 Å². The fourth-order valence-corrected chi connectivity index (χ4v) is 4.82. The molecule has 1 aliphatic rings. The molecule has 6 rings (SSSR count). The molecule has 4 aromatic heterocycles. The number of ether oxygens (including phenoxy) is 1. The summed E-state index contributed by atoms with van der Waals surface area (Å²) in [6, 6.07) is 3.72. The van der Waals surface area contributed by atoms with E-state index in [0.717, 1.165) is 6.07 Å². The SMILES string of the molecule is C[C@H](Nc1c(-c2nc3cc(N4CCOCC4)c(C(F)(F)F)cc3[nH]2)c(=O)[nH]c2cn(C)nc12)c1ncccn1. The van der Waals surface area contributed by atoms with Crippen LogP contribution in [0.25, 0.3) is 33.5 Å². The van der Waals surface area contributed by atoms with Gasteiger partial charge in [-0.2, -0.15) is 18.3 Å². The number of rotatable bonds is 5. The molecule has 0 spiro atoms. The largest absolute Gasteiger partial charge is 0.418 e. The minimum atomic E-state index is -4.59. The average molecular weight is 540 g/mol. The van der Waals surface area contributed by atoms with Crippen molar-refractivity contribution in [2.75, 3.05) is 36.5 Å². The van der Waals surface area contributed by atoms with Crippen molar-refractivity contribution in [3.8, 4) is 11.4 Å². The number of hydrogen-bond acceptors (Lipinski definition) is 8. The van der Waals surface area contributed by atoms with Gasteiger partial charge in [-0.25, -0.2) is 15.0 Å². The summed E-state index contributed by atoms with van der Waals surface area (Å²) < 4.78 is 49.1. The monoisotopic (exact) mass is 539 g/mol. The van der Waals surface area contributed by atoms with E-state index in [2.05, 4.69) is 35.3 Å². The molecule has 1 fully saturated rings. The van der Waals surface area contributed by atoms with Crippen molar-refractivity contribution in [1.29, 1.82) is 0 Å². The Labute approximate surface area is 219 Å². The van der Waals surface area contributed by atoms with Crippen molar-refractivity contribution in [3.63, 3.8) is 0 Å². The Morgan fingerprint density at radius 2 is 1.85 bits per heavy atom. The maximum Gasteiger partial charge on any atom is 0.418 e. The zero-order valence-electron chi connectivity index (χ0n) is 21.0. The summed E-state index contributed by atoms with van der Waals surface area (Å²) in [4.78, 5) is 33.9. The van der Waals surface area contributed by atoms with Gasteiger partial charge in [-0.3, -0.25) is 9.48 Å². The predicted molar refractivity (Wildman–Crippen MR) is 139 cm³/mol. The lowest BCUT2D eigenvalue weighted by molar-refractivity contribution is -0.137. The first-order valence-corrected chi connectivity index (χ1v) is 12.3. The molecule has 0 radical (unpaired) electrons. The number of nitrogens with one attached hydrogen (secondary N) is 3. The summed E-state index contributed by atoms with van der Waals surface area (Å²) in [7, 11) is 1.72. The highest BCUT2D eigenvalue weighted by molar-refractivity contribution is 5.97. The number of morpholine rings is 1. The van der Waals surface area contributed by atoms with Gasteiger partial charge >= 0.3 is 6.18 Å². The first-order valence-electron chi connectivity index (χ1n) is 12.3. The molecule has 39 heavy (non-hydrogen) atoms. The van der Waals surface area contributed by atoms with Gasteiger partial charge < -0.3 is 24.9 Å². The standard InChI is InChI=1S/C25H24F3N9O2/c1-13(22-29-4-3-5-30-22)31-21-19(24(38)34-17-12-36(2)35-20(17)21)23-32-15-10-14(25(26,27)28)18(11-16(15)33-23)37-6-8-39-9-7-37/h3-5,10-13,31H,6-9H2,1-2H3,(H,32,33)(H,34,38)/t13-/m0/s1. The first kappa shape index (κ1) is 24.9. The Bertz CT molecular complexity index is 1720. The topological polar surface area (TPSA) is 130 Å². The van der Waals surface area contributed by atoms with Gasteiger partial charge in [0.05, 0.1) is 52.7 Å². The summed E-state index contributed by atoms with van der Waals surface area (Å²) >= 11 is 0. The molecular weight excluding hydrogens is 515 g/mol. The zero-order chi connectivity index (χ0) is 27.3. The number of alkyl halides is 3. The predicted octanol–water partition coefficient (Wildman–Crippen LogP) is 3.62. The fourth-order valence-electron chi connectivity index (χ4n) is 4.82. The second-order valence-electron chi connectivity index (χ2n) is 9.31. The van der Waals surface area contributed by atoms with E-state index in [1.807, 2.05) is 6.92 Å². The maximum absolute atomic E-state index is 14.1. The number of anilines is 2. The van der Waals surface area contributed by atoms with Crippen molar-refractivity contribution in [2.24, 2.45) is 7.05 Å². The Morgan fingerprint density at radius 3 is 2.56 bits per heavy atom. The quantitative estimate of drug-likeness (QED) is 0.309. The lowest BCUT2D eigenvalue weighted by Crippen LogP contribution is -2.37. The number of imidazole rings is 1. The summed E-state index contributed by atoms with van der Waals surface area (Å²) in [5, 5.41) is 7.78. The number of fused-ring (bicyclic) bond motifs is 2. The van der Waals surface area contributed by atoms with Crippen molar-refractivity contribution in [3.05, 3.63) is 58.5 Å². The van der Waals surface area contributed by atoms with Gasteiger partial charge in [0.15, 0.2) is 0 Å². The van der Waals surface area contributed by atoms with Crippen molar-refractivity contribution in [2.45, 2.75) is 19.1 Å². The number of aromatic nitrogens is 7. The lowest BCUT2D eigenvalue weighted by atomic mass is 10.1. The molecule has 11 nitrogen and oxygen atoms in total. The molecule has 0 aliphatic carbocycles. The number of hydrogen-bond donors (Lipinski definition) is 3. The molecule has 202 valence electrons. The van der Waals surface area contributed by atoms with E-state index >= 15 is 0 Å². The number of aryl methyl sites for hydroxylation is 1. The Balaban J connectivity index is 1.52. The molecule has 0 amide bonds. The Kier molecular flexibility index (Phi) is 5.98. The zero-order valence-corrected chi connectivity index (χ0v) is 21.0. The van der Waals surface area contributed by atoms with E-state index in [9.17, 15) is 18.0 Å². The van der Waals surface area contributed by atoms with Crippen LogP contribution in [0.4, 0.5) is 24.5 Å². The average Bonchev–Trinajstić information content (AvgIpc) is 3.50. The number of benzene rings is 1. The molecule has 0 saturated carbocycles. The van der Waals surface area contributed by atoms with Gasteiger partial charge in [-0.1, -0.05) is 0 Å². The minimum absolute atomic E-state index is 0.0265. The summed E-state index contributed by atoms with van der Waals surface area (Å²) in [6.07, 6.45) is 0.297. The van der Waals surface area contributed by atoms with Crippen molar-refractivity contribution >= 4 is 33.4 Å². The lowest BCUT2D eigenvalue weighted by Gasteiger charge is -2.31. The maximum atomic E-state index is 14.1. The molecular formula is C25H24F3N9O2.